The van der Waals surface area contributed by atoms with Crippen molar-refractivity contribution in [1.82, 2.24) is 0 Å². The van der Waals surface area contributed by atoms with Gasteiger partial charge in [-0.15, -0.1) is 0 Å². The molecule has 0 aliphatic carbocycles. The molecule has 0 radical (unpaired) electrons. The molecule has 0 saturated carbocycles. The molecular formula is C22H22BN2O8P. The Bertz CT molecular complexity index is 1080. The molecule has 0 aliphatic rings. The molecule has 0 heterocycles. The van der Waals surface area contributed by atoms with E-state index in [9.17, 15) is 20.2 Å². The SMILES string of the molecule is B[PH](C=C)(OCc1cc(OCC#C)ccc1[N+](=O)[O-])OCc1cc(OCC#C)ccc1[N+](=O)[O-]. The van der Waals surface area contributed by atoms with Crippen molar-refractivity contribution in [2.75, 3.05) is 13.2 Å². The number of terminal acetylenes is 2. The number of nitro benzene ring substituents is 2. The van der Waals surface area contributed by atoms with E-state index in [1.54, 1.807) is 7.57 Å². The molecule has 0 unspecified atom stereocenters. The van der Waals surface area contributed by atoms with E-state index in [0.29, 0.717) is 11.5 Å². The van der Waals surface area contributed by atoms with Gasteiger partial charge in [0.1, 0.15) is 0 Å². The van der Waals surface area contributed by atoms with Gasteiger partial charge in [0.05, 0.1) is 0 Å². The van der Waals surface area contributed by atoms with Crippen LogP contribution in [0.4, 0.5) is 11.4 Å². The van der Waals surface area contributed by atoms with E-state index in [4.69, 9.17) is 31.4 Å². The van der Waals surface area contributed by atoms with Gasteiger partial charge in [0.25, 0.3) is 0 Å². The second-order valence-electron chi connectivity index (χ2n) is 6.88. The Morgan fingerprint density at radius 2 is 1.32 bits per heavy atom. The van der Waals surface area contributed by atoms with Crippen LogP contribution < -0.4 is 9.47 Å². The van der Waals surface area contributed by atoms with Crippen LogP contribution in [0.5, 0.6) is 11.5 Å². The number of benzene rings is 2. The zero-order valence-corrected chi connectivity index (χ0v) is 19.4. The van der Waals surface area contributed by atoms with Gasteiger partial charge in [-0.25, -0.2) is 0 Å². The minimum atomic E-state index is -3.12. The quantitative estimate of drug-likeness (QED) is 0.139. The van der Waals surface area contributed by atoms with E-state index < -0.39 is 17.4 Å². The van der Waals surface area contributed by atoms with Crippen LogP contribution in [0, 0.1) is 44.9 Å². The summed E-state index contributed by atoms with van der Waals surface area (Å²) in [5.41, 5.74) is 0.170. The number of rotatable bonds is 13. The van der Waals surface area contributed by atoms with Crippen molar-refractivity contribution in [2.45, 2.75) is 13.2 Å². The van der Waals surface area contributed by atoms with Crippen LogP contribution in [0.3, 0.4) is 0 Å². The third-order valence-electron chi connectivity index (χ3n) is 4.54. The summed E-state index contributed by atoms with van der Waals surface area (Å²) >= 11 is 0. The molecular weight excluding hydrogens is 462 g/mol. The monoisotopic (exact) mass is 484 g/mol. The molecule has 34 heavy (non-hydrogen) atoms. The van der Waals surface area contributed by atoms with E-state index in [2.05, 4.69) is 18.4 Å². The average Bonchev–Trinajstić information content (AvgIpc) is 2.83. The van der Waals surface area contributed by atoms with Crippen LogP contribution in [0.15, 0.2) is 48.8 Å². The standard InChI is InChI=1S/C22H22BN2O8P/c1-4-11-30-19-7-9-21(24(26)27)17(13-19)15-32-34(23,6-3)33-16-18-14-20(31-12-5-2)8-10-22(18)25(28)29/h1-2,6-10,13-14,34H,3,11-12,15-16,23H2. The zero-order valence-electron chi connectivity index (χ0n) is 18.4. The van der Waals surface area contributed by atoms with Crippen molar-refractivity contribution in [3.8, 4) is 36.2 Å². The molecule has 0 atom stereocenters. The van der Waals surface area contributed by atoms with E-state index in [-0.39, 0.29) is 48.9 Å². The number of nitro groups is 2. The van der Waals surface area contributed by atoms with Crippen molar-refractivity contribution < 1.29 is 28.4 Å². The molecule has 0 spiro atoms. The molecule has 0 N–H and O–H groups in total. The van der Waals surface area contributed by atoms with Gasteiger partial charge in [0.2, 0.25) is 0 Å². The van der Waals surface area contributed by atoms with Crippen molar-refractivity contribution in [1.29, 1.82) is 0 Å². The summed E-state index contributed by atoms with van der Waals surface area (Å²) < 4.78 is 22.5. The first kappa shape index (κ1) is 26.4. The molecule has 0 fully saturated rings. The Morgan fingerprint density at radius 1 is 0.912 bits per heavy atom. The molecule has 0 amide bonds. The molecule has 12 heteroatoms. The van der Waals surface area contributed by atoms with E-state index in [0.717, 1.165) is 0 Å². The summed E-state index contributed by atoms with van der Waals surface area (Å²) in [6.45, 7) is 3.40. The predicted octanol–water partition coefficient (Wildman–Crippen LogP) is 3.53. The maximum atomic E-state index is 11.4. The molecule has 0 saturated heterocycles. The summed E-state index contributed by atoms with van der Waals surface area (Å²) in [5, 5.41) is 22.8. The Morgan fingerprint density at radius 3 is 1.65 bits per heavy atom. The summed E-state index contributed by atoms with van der Waals surface area (Å²) in [6.07, 6.45) is 10.4. The second-order valence-corrected chi connectivity index (χ2v) is 9.90. The van der Waals surface area contributed by atoms with Crippen molar-refractivity contribution in [2.24, 2.45) is 0 Å². The van der Waals surface area contributed by atoms with Gasteiger partial charge in [0, 0.05) is 0 Å². The summed E-state index contributed by atoms with van der Waals surface area (Å²) in [5.74, 6) is 6.81. The van der Waals surface area contributed by atoms with Crippen LogP contribution in [0.25, 0.3) is 0 Å². The van der Waals surface area contributed by atoms with Gasteiger partial charge >= 0.3 is 198 Å². The Labute approximate surface area is 198 Å². The second kappa shape index (κ2) is 12.4. The third kappa shape index (κ3) is 7.33. The molecule has 0 bridgehead atoms. The number of hydrogen-bond donors (Lipinski definition) is 0. The molecule has 2 aromatic carbocycles. The summed E-state index contributed by atoms with van der Waals surface area (Å²) in [7, 11) is -1.46. The van der Waals surface area contributed by atoms with Crippen LogP contribution >= 0.6 is 7.59 Å². The topological polar surface area (TPSA) is 123 Å². The normalized spacial score (nSPS) is 11.0. The van der Waals surface area contributed by atoms with Gasteiger partial charge in [0.15, 0.2) is 0 Å². The first-order valence-electron chi connectivity index (χ1n) is 9.81. The molecule has 0 aliphatic heterocycles. The Hall–Kier alpha value is -3.89. The van der Waals surface area contributed by atoms with Crippen molar-refractivity contribution >= 4 is 26.5 Å². The van der Waals surface area contributed by atoms with Gasteiger partial charge in [-0.1, -0.05) is 0 Å². The van der Waals surface area contributed by atoms with Gasteiger partial charge in [-0.05, 0) is 0 Å². The predicted molar refractivity (Wildman–Crippen MR) is 131 cm³/mol. The number of ether oxygens (including phenoxy) is 2. The van der Waals surface area contributed by atoms with Gasteiger partial charge in [-0.3, -0.25) is 0 Å². The fourth-order valence-electron chi connectivity index (χ4n) is 2.74. The Kier molecular flexibility index (Phi) is 9.60. The van der Waals surface area contributed by atoms with Gasteiger partial charge in [-0.2, -0.15) is 0 Å². The van der Waals surface area contributed by atoms with Crippen LogP contribution in [0.2, 0.25) is 0 Å². The van der Waals surface area contributed by atoms with E-state index in [1.165, 1.54) is 42.2 Å². The fraction of sp³-hybridized carbons (Fsp3) is 0.182. The zero-order chi connectivity index (χ0) is 25.1. The first-order valence-corrected chi connectivity index (χ1v) is 12.2. The van der Waals surface area contributed by atoms with Crippen LogP contribution in [-0.2, 0) is 22.3 Å². The molecule has 176 valence electrons. The molecule has 0 aromatic heterocycles. The van der Waals surface area contributed by atoms with Crippen LogP contribution in [0.1, 0.15) is 11.1 Å². The first-order chi connectivity index (χ1) is 16.2. The average molecular weight is 484 g/mol. The summed E-state index contributed by atoms with van der Waals surface area (Å²) in [4.78, 5) is 21.7. The summed E-state index contributed by atoms with van der Waals surface area (Å²) in [6, 6.07) is 8.39. The number of hydrogen-bond acceptors (Lipinski definition) is 8. The molecule has 2 rings (SSSR count). The van der Waals surface area contributed by atoms with Crippen LogP contribution in [-0.4, -0.2) is 30.6 Å². The van der Waals surface area contributed by atoms with E-state index >= 15 is 0 Å². The fourth-order valence-corrected chi connectivity index (χ4v) is 3.95. The van der Waals surface area contributed by atoms with Crippen molar-refractivity contribution in [3.63, 3.8) is 0 Å². The molecule has 2 aromatic rings. The maximum absolute atomic E-state index is 11.4. The van der Waals surface area contributed by atoms with Gasteiger partial charge < -0.3 is 0 Å². The Balaban J connectivity index is 2.20. The van der Waals surface area contributed by atoms with Crippen molar-refractivity contribution in [3.05, 3.63) is 80.1 Å². The van der Waals surface area contributed by atoms with E-state index in [1.807, 2.05) is 0 Å². The molecule has 10 nitrogen and oxygen atoms in total. The number of nitrogens with zero attached hydrogens (tertiary/aromatic N) is 2. The third-order valence-corrected chi connectivity index (χ3v) is 6.72. The minimum absolute atomic E-state index is 0.00322.